The van der Waals surface area contributed by atoms with E-state index >= 15 is 0 Å². The third-order valence-electron chi connectivity index (χ3n) is 5.71. The molecule has 5 nitrogen and oxygen atoms in total. The number of hydrogen-bond donors (Lipinski definition) is 0. The summed E-state index contributed by atoms with van der Waals surface area (Å²) >= 11 is 1.43. The fourth-order valence-electron chi connectivity index (χ4n) is 4.21. The van der Waals surface area contributed by atoms with Crippen molar-refractivity contribution >= 4 is 28.9 Å². The number of thiophene rings is 1. The quantitative estimate of drug-likeness (QED) is 0.747. The van der Waals surface area contributed by atoms with E-state index in [-0.39, 0.29) is 23.8 Å². The van der Waals surface area contributed by atoms with Gasteiger partial charge in [0, 0.05) is 16.8 Å². The maximum Gasteiger partial charge on any atom is 0.350 e. The highest BCUT2D eigenvalue weighted by Gasteiger charge is 2.36. The molecule has 1 aromatic rings. The molecule has 0 spiro atoms. The van der Waals surface area contributed by atoms with Crippen molar-refractivity contribution in [3.63, 3.8) is 0 Å². The van der Waals surface area contributed by atoms with Crippen molar-refractivity contribution in [1.29, 1.82) is 0 Å². The molecular weight excluding hydrogens is 348 g/mol. The summed E-state index contributed by atoms with van der Waals surface area (Å²) in [5.41, 5.74) is 0.768. The molecule has 2 aliphatic rings. The van der Waals surface area contributed by atoms with E-state index in [4.69, 9.17) is 4.74 Å². The minimum Gasteiger partial charge on any atom is -0.465 e. The molecule has 0 aromatic carbocycles. The van der Waals surface area contributed by atoms with Gasteiger partial charge < -0.3 is 14.5 Å². The maximum atomic E-state index is 13.5. The SMILES string of the molecule is COC(=O)c1sc(C)cc1N(C(=O)C1CCCCC1)C1CCN(C)CC1. The second-order valence-electron chi connectivity index (χ2n) is 7.64. The van der Waals surface area contributed by atoms with Crippen molar-refractivity contribution < 1.29 is 14.3 Å². The lowest BCUT2D eigenvalue weighted by molar-refractivity contribution is -0.124. The van der Waals surface area contributed by atoms with Crippen LogP contribution in [0.5, 0.6) is 0 Å². The molecule has 6 heteroatoms. The molecule has 3 rings (SSSR count). The van der Waals surface area contributed by atoms with Gasteiger partial charge in [-0.05, 0) is 58.8 Å². The molecule has 2 heterocycles. The average molecular weight is 379 g/mol. The largest absolute Gasteiger partial charge is 0.465 e. The molecule has 0 radical (unpaired) electrons. The van der Waals surface area contributed by atoms with Crippen LogP contribution in [0.2, 0.25) is 0 Å². The van der Waals surface area contributed by atoms with E-state index < -0.39 is 0 Å². The van der Waals surface area contributed by atoms with Crippen LogP contribution in [0.3, 0.4) is 0 Å². The Balaban J connectivity index is 1.95. The number of esters is 1. The number of hydrogen-bond acceptors (Lipinski definition) is 5. The summed E-state index contributed by atoms with van der Waals surface area (Å²) in [5.74, 6) is -0.0382. The van der Waals surface area contributed by atoms with Crippen LogP contribution in [0.15, 0.2) is 6.07 Å². The van der Waals surface area contributed by atoms with E-state index in [1.807, 2.05) is 17.9 Å². The average Bonchev–Trinajstić information content (AvgIpc) is 3.04. The van der Waals surface area contributed by atoms with Gasteiger partial charge in [0.25, 0.3) is 0 Å². The predicted octanol–water partition coefficient (Wildman–Crippen LogP) is 3.85. The summed E-state index contributed by atoms with van der Waals surface area (Å²) in [6.07, 6.45) is 7.32. The highest BCUT2D eigenvalue weighted by molar-refractivity contribution is 7.14. The minimum absolute atomic E-state index is 0.0918. The second kappa shape index (κ2) is 8.53. The van der Waals surface area contributed by atoms with Gasteiger partial charge in [0.15, 0.2) is 0 Å². The summed E-state index contributed by atoms with van der Waals surface area (Å²) in [6.45, 7) is 3.95. The topological polar surface area (TPSA) is 49.9 Å². The molecule has 0 unspecified atom stereocenters. The molecule has 26 heavy (non-hydrogen) atoms. The molecule has 1 aliphatic carbocycles. The maximum absolute atomic E-state index is 13.5. The first kappa shape index (κ1) is 19.4. The number of carbonyl (C=O) groups excluding carboxylic acids is 2. The Bertz CT molecular complexity index is 643. The van der Waals surface area contributed by atoms with Gasteiger partial charge in [-0.1, -0.05) is 19.3 Å². The lowest BCUT2D eigenvalue weighted by Gasteiger charge is -2.39. The number of anilines is 1. The third-order valence-corrected chi connectivity index (χ3v) is 6.73. The molecule has 1 saturated carbocycles. The van der Waals surface area contributed by atoms with E-state index in [0.717, 1.165) is 62.2 Å². The van der Waals surface area contributed by atoms with Gasteiger partial charge >= 0.3 is 5.97 Å². The van der Waals surface area contributed by atoms with Crippen LogP contribution in [0.1, 0.15) is 59.5 Å². The molecule has 144 valence electrons. The summed E-state index contributed by atoms with van der Waals surface area (Å²) in [4.78, 5) is 31.7. The Morgan fingerprint density at radius 3 is 2.42 bits per heavy atom. The fraction of sp³-hybridized carbons (Fsp3) is 0.700. The minimum atomic E-state index is -0.340. The van der Waals surface area contributed by atoms with Gasteiger partial charge in [-0.25, -0.2) is 4.79 Å². The zero-order valence-corrected chi connectivity index (χ0v) is 16.9. The molecule has 1 amide bonds. The van der Waals surface area contributed by atoms with E-state index in [1.54, 1.807) is 0 Å². The van der Waals surface area contributed by atoms with Crippen LogP contribution in [0, 0.1) is 12.8 Å². The Hall–Kier alpha value is -1.40. The standard InChI is InChI=1S/C20H30N2O3S/c1-14-13-17(18(26-14)20(24)25-3)22(16-9-11-21(2)12-10-16)19(23)15-7-5-4-6-8-15/h13,15-16H,4-12H2,1-3H3. The zero-order valence-electron chi connectivity index (χ0n) is 16.1. The van der Waals surface area contributed by atoms with Crippen LogP contribution < -0.4 is 4.90 Å². The number of piperidine rings is 1. The molecule has 0 atom stereocenters. The number of likely N-dealkylation sites (tertiary alicyclic amines) is 1. The number of amides is 1. The Labute approximate surface area is 160 Å². The number of ether oxygens (including phenoxy) is 1. The van der Waals surface area contributed by atoms with E-state index in [0.29, 0.717) is 4.88 Å². The molecule has 2 fully saturated rings. The molecule has 1 saturated heterocycles. The summed E-state index contributed by atoms with van der Waals surface area (Å²) in [5, 5.41) is 0. The molecule has 1 aliphatic heterocycles. The molecule has 1 aromatic heterocycles. The van der Waals surface area contributed by atoms with Crippen molar-refractivity contribution in [2.45, 2.75) is 57.9 Å². The van der Waals surface area contributed by atoms with E-state index in [2.05, 4.69) is 11.9 Å². The van der Waals surface area contributed by atoms with Gasteiger partial charge in [-0.15, -0.1) is 11.3 Å². The van der Waals surface area contributed by atoms with Crippen molar-refractivity contribution in [3.05, 3.63) is 15.8 Å². The van der Waals surface area contributed by atoms with E-state index in [9.17, 15) is 9.59 Å². The van der Waals surface area contributed by atoms with Gasteiger partial charge in [-0.3, -0.25) is 4.79 Å². The Kier molecular flexibility index (Phi) is 6.35. The van der Waals surface area contributed by atoms with Crippen molar-refractivity contribution in [1.82, 2.24) is 4.90 Å². The van der Waals surface area contributed by atoms with Gasteiger partial charge in [0.1, 0.15) is 4.88 Å². The van der Waals surface area contributed by atoms with Gasteiger partial charge in [0.05, 0.1) is 12.8 Å². The van der Waals surface area contributed by atoms with Crippen LogP contribution in [0.4, 0.5) is 5.69 Å². The first-order valence-electron chi connectivity index (χ1n) is 9.71. The molecule has 0 N–H and O–H groups in total. The van der Waals surface area contributed by atoms with Crippen molar-refractivity contribution in [2.24, 2.45) is 5.92 Å². The zero-order chi connectivity index (χ0) is 18.7. The highest BCUT2D eigenvalue weighted by atomic mass is 32.1. The predicted molar refractivity (Wildman–Crippen MR) is 105 cm³/mol. The highest BCUT2D eigenvalue weighted by Crippen LogP contribution is 2.37. The molecule has 0 bridgehead atoms. The second-order valence-corrected chi connectivity index (χ2v) is 8.90. The van der Waals surface area contributed by atoms with E-state index in [1.165, 1.54) is 24.9 Å². The summed E-state index contributed by atoms with van der Waals surface area (Å²) in [7, 11) is 3.53. The Morgan fingerprint density at radius 2 is 1.81 bits per heavy atom. The van der Waals surface area contributed by atoms with Crippen LogP contribution >= 0.6 is 11.3 Å². The lowest BCUT2D eigenvalue weighted by Crippen LogP contribution is -2.49. The fourth-order valence-corrected chi connectivity index (χ4v) is 5.13. The number of aryl methyl sites for hydroxylation is 1. The van der Waals surface area contributed by atoms with Crippen LogP contribution in [-0.2, 0) is 9.53 Å². The van der Waals surface area contributed by atoms with Crippen LogP contribution in [0.25, 0.3) is 0 Å². The van der Waals surface area contributed by atoms with Crippen molar-refractivity contribution in [3.8, 4) is 0 Å². The first-order chi connectivity index (χ1) is 12.5. The van der Waals surface area contributed by atoms with Gasteiger partial charge in [-0.2, -0.15) is 0 Å². The number of carbonyl (C=O) groups is 2. The van der Waals surface area contributed by atoms with Crippen molar-refractivity contribution in [2.75, 3.05) is 32.1 Å². The van der Waals surface area contributed by atoms with Gasteiger partial charge in [0.2, 0.25) is 5.91 Å². The lowest BCUT2D eigenvalue weighted by atomic mass is 9.87. The molecular formula is C20H30N2O3S. The first-order valence-corrected chi connectivity index (χ1v) is 10.5. The third kappa shape index (κ3) is 4.12. The number of rotatable bonds is 4. The monoisotopic (exact) mass is 378 g/mol. The Morgan fingerprint density at radius 1 is 1.15 bits per heavy atom. The van der Waals surface area contributed by atoms with Crippen LogP contribution in [-0.4, -0.2) is 50.1 Å². The summed E-state index contributed by atoms with van der Waals surface area (Å²) in [6, 6.07) is 2.16. The normalized spacial score (nSPS) is 20.1. The number of nitrogens with zero attached hydrogens (tertiary/aromatic N) is 2. The summed E-state index contributed by atoms with van der Waals surface area (Å²) < 4.78 is 5.00. The smallest absolute Gasteiger partial charge is 0.350 e. The number of methoxy groups -OCH3 is 1.